The minimum atomic E-state index is -0.361. The molecule has 0 radical (unpaired) electrons. The molecule has 0 saturated carbocycles. The van der Waals surface area contributed by atoms with E-state index >= 15 is 0 Å². The lowest BCUT2D eigenvalue weighted by Crippen LogP contribution is -2.21. The van der Waals surface area contributed by atoms with E-state index in [-0.39, 0.29) is 6.29 Å². The molecule has 126 valence electrons. The predicted molar refractivity (Wildman–Crippen MR) is 89.9 cm³/mol. The average molecular weight is 319 g/mol. The van der Waals surface area contributed by atoms with Crippen LogP contribution >= 0.6 is 0 Å². The molecule has 2 N–H and O–H groups in total. The molecule has 0 bridgehead atoms. The lowest BCUT2D eigenvalue weighted by molar-refractivity contribution is -0.134. The molecule has 1 aromatic heterocycles. The molecular weight excluding hydrogens is 294 g/mol. The fourth-order valence-corrected chi connectivity index (χ4v) is 2.36. The summed E-state index contributed by atoms with van der Waals surface area (Å²) in [7, 11) is 0. The van der Waals surface area contributed by atoms with Gasteiger partial charge in [-0.25, -0.2) is 4.68 Å². The predicted octanol–water partition coefficient (Wildman–Crippen LogP) is 2.79. The fourth-order valence-electron chi connectivity index (χ4n) is 2.36. The second-order valence-corrected chi connectivity index (χ2v) is 4.89. The summed E-state index contributed by atoms with van der Waals surface area (Å²) in [6.45, 7) is 7.46. The Kier molecular flexibility index (Phi) is 6.43. The first kappa shape index (κ1) is 17.3. The lowest BCUT2D eigenvalue weighted by Gasteiger charge is -2.17. The van der Waals surface area contributed by atoms with Gasteiger partial charge in [0.2, 0.25) is 5.88 Å². The number of nitrogens with two attached hydrogens (primary N) is 1. The van der Waals surface area contributed by atoms with Crippen molar-refractivity contribution in [1.29, 1.82) is 0 Å². The Labute approximate surface area is 137 Å². The first-order valence-electron chi connectivity index (χ1n) is 7.99. The fraction of sp³-hybridized carbons (Fsp3) is 0.471. The number of para-hydroxylation sites is 1. The monoisotopic (exact) mass is 319 g/mol. The van der Waals surface area contributed by atoms with Crippen molar-refractivity contribution in [1.82, 2.24) is 9.78 Å². The Balaban J connectivity index is 2.35. The summed E-state index contributed by atoms with van der Waals surface area (Å²) < 4.78 is 18.6. The number of aromatic nitrogens is 2. The van der Waals surface area contributed by atoms with Crippen LogP contribution in [0.15, 0.2) is 30.3 Å². The zero-order chi connectivity index (χ0) is 16.7. The quantitative estimate of drug-likeness (QED) is 0.720. The molecule has 0 amide bonds. The van der Waals surface area contributed by atoms with Crippen LogP contribution in [-0.2, 0) is 15.9 Å². The van der Waals surface area contributed by atoms with E-state index in [0.29, 0.717) is 37.9 Å². The van der Waals surface area contributed by atoms with Gasteiger partial charge in [-0.1, -0.05) is 18.2 Å². The van der Waals surface area contributed by atoms with E-state index in [0.717, 1.165) is 11.3 Å². The van der Waals surface area contributed by atoms with Crippen LogP contribution in [0.4, 0.5) is 5.82 Å². The topological polar surface area (TPSA) is 71.5 Å². The minimum absolute atomic E-state index is 0.361. The molecule has 6 heteroatoms. The molecule has 0 unspecified atom stereocenters. The molecule has 23 heavy (non-hydrogen) atoms. The Morgan fingerprint density at radius 2 is 1.70 bits per heavy atom. The molecule has 0 aliphatic carbocycles. The lowest BCUT2D eigenvalue weighted by atomic mass is 10.2. The van der Waals surface area contributed by atoms with Crippen LogP contribution in [-0.4, -0.2) is 35.9 Å². The summed E-state index contributed by atoms with van der Waals surface area (Å²) in [6, 6.07) is 9.74. The third-order valence-electron chi connectivity index (χ3n) is 3.34. The maximum atomic E-state index is 6.32. The van der Waals surface area contributed by atoms with Crippen molar-refractivity contribution in [2.75, 3.05) is 25.6 Å². The van der Waals surface area contributed by atoms with E-state index in [1.165, 1.54) is 0 Å². The molecule has 1 aromatic carbocycles. The van der Waals surface area contributed by atoms with Crippen LogP contribution in [0.2, 0.25) is 0 Å². The van der Waals surface area contributed by atoms with Gasteiger partial charge in [0, 0.05) is 19.6 Å². The average Bonchev–Trinajstić information content (AvgIpc) is 2.86. The van der Waals surface area contributed by atoms with Gasteiger partial charge in [0.15, 0.2) is 6.29 Å². The SMILES string of the molecule is CCOc1nn(-c2ccccc2)c(N)c1CC(OCC)OCC. The highest BCUT2D eigenvalue weighted by atomic mass is 16.7. The van der Waals surface area contributed by atoms with E-state index in [2.05, 4.69) is 5.10 Å². The van der Waals surface area contributed by atoms with Gasteiger partial charge >= 0.3 is 0 Å². The van der Waals surface area contributed by atoms with Crippen molar-refractivity contribution in [3.8, 4) is 11.6 Å². The number of ether oxygens (including phenoxy) is 3. The molecule has 2 aromatic rings. The highest BCUT2D eigenvalue weighted by Gasteiger charge is 2.22. The third kappa shape index (κ3) is 4.24. The Bertz CT molecular complexity index is 593. The number of hydrogen-bond acceptors (Lipinski definition) is 5. The molecule has 0 spiro atoms. The summed E-state index contributed by atoms with van der Waals surface area (Å²) in [4.78, 5) is 0. The first-order valence-corrected chi connectivity index (χ1v) is 7.99. The van der Waals surface area contributed by atoms with Gasteiger partial charge in [-0.05, 0) is 32.9 Å². The van der Waals surface area contributed by atoms with Gasteiger partial charge < -0.3 is 19.9 Å². The second-order valence-electron chi connectivity index (χ2n) is 4.89. The number of hydrogen-bond donors (Lipinski definition) is 1. The normalized spacial score (nSPS) is 11.1. The maximum Gasteiger partial charge on any atom is 0.238 e. The zero-order valence-corrected chi connectivity index (χ0v) is 14.0. The first-order chi connectivity index (χ1) is 11.2. The Morgan fingerprint density at radius 1 is 1.04 bits per heavy atom. The van der Waals surface area contributed by atoms with Gasteiger partial charge in [-0.3, -0.25) is 0 Å². The maximum absolute atomic E-state index is 6.32. The Morgan fingerprint density at radius 3 is 2.26 bits per heavy atom. The standard InChI is InChI=1S/C17H25N3O3/c1-4-21-15(22-5-2)12-14-16(18)20(19-17(14)23-6-3)13-10-8-7-9-11-13/h7-11,15H,4-6,12,18H2,1-3H3. The van der Waals surface area contributed by atoms with Crippen LogP contribution in [0, 0.1) is 0 Å². The van der Waals surface area contributed by atoms with E-state index in [1.807, 2.05) is 51.1 Å². The highest BCUT2D eigenvalue weighted by Crippen LogP contribution is 2.28. The van der Waals surface area contributed by atoms with Gasteiger partial charge in [0.05, 0.1) is 17.9 Å². The van der Waals surface area contributed by atoms with Crippen LogP contribution in [0.1, 0.15) is 26.3 Å². The number of nitrogen functional groups attached to an aromatic ring is 1. The zero-order valence-electron chi connectivity index (χ0n) is 14.0. The summed E-state index contributed by atoms with van der Waals surface area (Å²) in [6.07, 6.45) is 0.135. The van der Waals surface area contributed by atoms with Gasteiger partial charge in [-0.15, -0.1) is 5.10 Å². The summed E-state index contributed by atoms with van der Waals surface area (Å²) in [5.41, 5.74) is 8.01. The molecule has 2 rings (SSSR count). The number of rotatable bonds is 9. The second kappa shape index (κ2) is 8.55. The summed E-state index contributed by atoms with van der Waals surface area (Å²) >= 11 is 0. The minimum Gasteiger partial charge on any atom is -0.477 e. The largest absolute Gasteiger partial charge is 0.477 e. The van der Waals surface area contributed by atoms with Gasteiger partial charge in [0.1, 0.15) is 5.82 Å². The summed E-state index contributed by atoms with van der Waals surface area (Å²) in [5, 5.41) is 4.50. The highest BCUT2D eigenvalue weighted by molar-refractivity contribution is 5.52. The molecule has 1 heterocycles. The van der Waals surface area contributed by atoms with Gasteiger partial charge in [-0.2, -0.15) is 0 Å². The van der Waals surface area contributed by atoms with E-state index < -0.39 is 0 Å². The molecule has 0 aliphatic heterocycles. The molecule has 0 fully saturated rings. The molecule has 0 atom stereocenters. The van der Waals surface area contributed by atoms with Crippen LogP contribution in [0.5, 0.6) is 5.88 Å². The van der Waals surface area contributed by atoms with Gasteiger partial charge in [0.25, 0.3) is 0 Å². The Hall–Kier alpha value is -2.05. The number of nitrogens with zero attached hydrogens (tertiary/aromatic N) is 2. The smallest absolute Gasteiger partial charge is 0.238 e. The molecule has 0 saturated heterocycles. The number of anilines is 1. The van der Waals surface area contributed by atoms with Crippen molar-refractivity contribution in [3.05, 3.63) is 35.9 Å². The van der Waals surface area contributed by atoms with Crippen molar-refractivity contribution in [3.63, 3.8) is 0 Å². The van der Waals surface area contributed by atoms with E-state index in [1.54, 1.807) is 4.68 Å². The van der Waals surface area contributed by atoms with Crippen molar-refractivity contribution < 1.29 is 14.2 Å². The van der Waals surface area contributed by atoms with Crippen molar-refractivity contribution in [2.45, 2.75) is 33.5 Å². The van der Waals surface area contributed by atoms with E-state index in [9.17, 15) is 0 Å². The van der Waals surface area contributed by atoms with Crippen LogP contribution < -0.4 is 10.5 Å². The van der Waals surface area contributed by atoms with Crippen molar-refractivity contribution >= 4 is 5.82 Å². The van der Waals surface area contributed by atoms with Crippen LogP contribution in [0.25, 0.3) is 5.69 Å². The molecule has 0 aliphatic rings. The summed E-state index contributed by atoms with van der Waals surface area (Å²) in [5.74, 6) is 1.07. The van der Waals surface area contributed by atoms with Crippen LogP contribution in [0.3, 0.4) is 0 Å². The molecular formula is C17H25N3O3. The molecule has 6 nitrogen and oxygen atoms in total. The third-order valence-corrected chi connectivity index (χ3v) is 3.34. The van der Waals surface area contributed by atoms with Crippen molar-refractivity contribution in [2.24, 2.45) is 0 Å². The number of benzene rings is 1. The van der Waals surface area contributed by atoms with E-state index in [4.69, 9.17) is 19.9 Å².